The first-order valence-corrected chi connectivity index (χ1v) is 10.8. The van der Waals surface area contributed by atoms with Crippen LogP contribution in [0.15, 0.2) is 12.2 Å². The highest BCUT2D eigenvalue weighted by molar-refractivity contribution is 7.79. The van der Waals surface area contributed by atoms with Gasteiger partial charge in [-0.2, -0.15) is 8.42 Å². The summed E-state index contributed by atoms with van der Waals surface area (Å²) in [6, 6.07) is 0. The van der Waals surface area contributed by atoms with Crippen LogP contribution in [0.2, 0.25) is 0 Å². The number of unbranched alkanes of at least 4 members (excludes halogenated alkanes) is 8. The molecule has 0 aromatic rings. The molecule has 8 heteroatoms. The molecule has 0 heterocycles. The van der Waals surface area contributed by atoms with Crippen molar-refractivity contribution in [2.24, 2.45) is 0 Å². The zero-order valence-corrected chi connectivity index (χ0v) is 16.7. The van der Waals surface area contributed by atoms with Crippen LogP contribution in [0.1, 0.15) is 90.4 Å². The van der Waals surface area contributed by atoms with Crippen LogP contribution in [0.25, 0.3) is 0 Å². The van der Waals surface area contributed by atoms with Crippen molar-refractivity contribution in [3.8, 4) is 0 Å². The van der Waals surface area contributed by atoms with Crippen molar-refractivity contribution in [1.82, 2.24) is 0 Å². The first-order chi connectivity index (χ1) is 12.2. The van der Waals surface area contributed by atoms with Gasteiger partial charge in [0, 0.05) is 6.42 Å². The summed E-state index contributed by atoms with van der Waals surface area (Å²) in [4.78, 5) is 10.3. The summed E-state index contributed by atoms with van der Waals surface area (Å²) in [5.74, 6) is -0.689. The largest absolute Gasteiger partial charge is 0.481 e. The fourth-order valence-corrected chi connectivity index (χ4v) is 2.36. The third-order valence-corrected chi connectivity index (χ3v) is 3.73. The maximum atomic E-state index is 10.3. The van der Waals surface area contributed by atoms with E-state index in [0.29, 0.717) is 6.42 Å². The zero-order chi connectivity index (χ0) is 20.3. The summed E-state index contributed by atoms with van der Waals surface area (Å²) >= 11 is 0. The number of aliphatic hydroxyl groups is 1. The lowest BCUT2D eigenvalue weighted by Gasteiger charge is -2.07. The molecule has 156 valence electrons. The Labute approximate surface area is 158 Å². The second-order valence-electron chi connectivity index (χ2n) is 6.36. The minimum Gasteiger partial charge on any atom is -0.481 e. The average molecular weight is 397 g/mol. The van der Waals surface area contributed by atoms with Crippen LogP contribution in [0.4, 0.5) is 0 Å². The third kappa shape index (κ3) is 34.4. The first kappa shape index (κ1) is 27.3. The molecule has 7 nitrogen and oxygen atoms in total. The summed E-state index contributed by atoms with van der Waals surface area (Å²) in [7, 11) is -4.67. The molecular weight excluding hydrogens is 360 g/mol. The molecule has 0 radical (unpaired) electrons. The Kier molecular flexibility index (Phi) is 19.7. The maximum absolute atomic E-state index is 10.3. The van der Waals surface area contributed by atoms with Gasteiger partial charge in [0.25, 0.3) is 0 Å². The van der Waals surface area contributed by atoms with Crippen LogP contribution in [0, 0.1) is 0 Å². The van der Waals surface area contributed by atoms with E-state index in [0.717, 1.165) is 51.4 Å². The molecule has 0 aliphatic heterocycles. The number of carboxylic acids is 1. The number of hydrogen-bond donors (Lipinski definition) is 4. The molecule has 0 saturated heterocycles. The Morgan fingerprint density at radius 3 is 2.04 bits per heavy atom. The van der Waals surface area contributed by atoms with Crippen molar-refractivity contribution in [2.45, 2.75) is 96.5 Å². The van der Waals surface area contributed by atoms with Gasteiger partial charge in [-0.3, -0.25) is 13.9 Å². The highest BCUT2D eigenvalue weighted by Gasteiger charge is 2.00. The molecule has 0 aromatic heterocycles. The van der Waals surface area contributed by atoms with Crippen molar-refractivity contribution in [3.63, 3.8) is 0 Å². The topological polar surface area (TPSA) is 132 Å². The quantitative estimate of drug-likeness (QED) is 0.183. The van der Waals surface area contributed by atoms with Crippen LogP contribution in [0.5, 0.6) is 0 Å². The Hall–Kier alpha value is -0.960. The monoisotopic (exact) mass is 396 g/mol. The standard InChI is InChI=1S/C18H34O3.H2O4S/c1-2-3-4-11-14-17(19)15-12-9-7-5-6-8-10-13-16-18(20)21;1-5(2,3)4/h9,12,17,19H,2-8,10-11,13-16H2,1H3,(H,20,21);(H2,1,2,3,4)/b12-9-;. The number of aliphatic carboxylic acids is 1. The molecule has 0 aliphatic rings. The smallest absolute Gasteiger partial charge is 0.394 e. The van der Waals surface area contributed by atoms with Gasteiger partial charge in [0.1, 0.15) is 0 Å². The van der Waals surface area contributed by atoms with Gasteiger partial charge in [-0.1, -0.05) is 64.0 Å². The first-order valence-electron chi connectivity index (χ1n) is 9.41. The Morgan fingerprint density at radius 1 is 0.923 bits per heavy atom. The van der Waals surface area contributed by atoms with Gasteiger partial charge in [-0.25, -0.2) is 0 Å². The van der Waals surface area contributed by atoms with Crippen molar-refractivity contribution in [3.05, 3.63) is 12.2 Å². The fourth-order valence-electron chi connectivity index (χ4n) is 2.36. The molecule has 26 heavy (non-hydrogen) atoms. The van der Waals surface area contributed by atoms with E-state index in [1.165, 1.54) is 25.7 Å². The number of carboxylic acid groups (broad SMARTS) is 1. The number of hydrogen-bond acceptors (Lipinski definition) is 4. The average Bonchev–Trinajstić information content (AvgIpc) is 2.51. The lowest BCUT2D eigenvalue weighted by atomic mass is 10.1. The summed E-state index contributed by atoms with van der Waals surface area (Å²) in [5.41, 5.74) is 0. The SMILES string of the molecule is CCCCCCC(O)C/C=C\CCCCCCCC(=O)O.O=S(=O)(O)O. The Bertz CT molecular complexity index is 438. The molecule has 0 bridgehead atoms. The molecule has 0 rings (SSSR count). The van der Waals surface area contributed by atoms with Gasteiger partial charge in [0.2, 0.25) is 0 Å². The fraction of sp³-hybridized carbons (Fsp3) is 0.833. The van der Waals surface area contributed by atoms with Gasteiger partial charge < -0.3 is 10.2 Å². The molecule has 1 unspecified atom stereocenters. The van der Waals surface area contributed by atoms with E-state index in [1.807, 2.05) is 0 Å². The van der Waals surface area contributed by atoms with Crippen LogP contribution in [0.3, 0.4) is 0 Å². The van der Waals surface area contributed by atoms with Gasteiger partial charge in [-0.05, 0) is 32.1 Å². The van der Waals surface area contributed by atoms with Gasteiger partial charge in [-0.15, -0.1) is 0 Å². The lowest BCUT2D eigenvalue weighted by molar-refractivity contribution is -0.137. The van der Waals surface area contributed by atoms with Crippen molar-refractivity contribution < 1.29 is 32.5 Å². The van der Waals surface area contributed by atoms with E-state index >= 15 is 0 Å². The summed E-state index contributed by atoms with van der Waals surface area (Å²) in [6.07, 6.45) is 17.4. The summed E-state index contributed by atoms with van der Waals surface area (Å²) in [5, 5.41) is 18.3. The zero-order valence-electron chi connectivity index (χ0n) is 15.8. The second kappa shape index (κ2) is 18.8. The van der Waals surface area contributed by atoms with Gasteiger partial charge in [0.05, 0.1) is 6.10 Å². The second-order valence-corrected chi connectivity index (χ2v) is 7.25. The number of carbonyl (C=O) groups is 1. The molecule has 0 aliphatic carbocycles. The van der Waals surface area contributed by atoms with Crippen molar-refractivity contribution >= 4 is 16.4 Å². The van der Waals surface area contributed by atoms with Gasteiger partial charge in [0.15, 0.2) is 0 Å². The van der Waals surface area contributed by atoms with E-state index in [-0.39, 0.29) is 6.10 Å². The predicted octanol–water partition coefficient (Wildman–Crippen LogP) is 4.43. The molecule has 0 spiro atoms. The minimum absolute atomic E-state index is 0.172. The Balaban J connectivity index is 0. The van der Waals surface area contributed by atoms with E-state index in [1.54, 1.807) is 0 Å². The molecule has 0 aromatic carbocycles. The number of rotatable bonds is 15. The highest BCUT2D eigenvalue weighted by atomic mass is 32.3. The maximum Gasteiger partial charge on any atom is 0.394 e. The summed E-state index contributed by atoms with van der Waals surface area (Å²) in [6.45, 7) is 2.20. The normalized spacial score (nSPS) is 12.6. The Morgan fingerprint density at radius 2 is 1.46 bits per heavy atom. The van der Waals surface area contributed by atoms with Crippen LogP contribution < -0.4 is 0 Å². The van der Waals surface area contributed by atoms with E-state index < -0.39 is 16.4 Å². The molecule has 1 atom stereocenters. The minimum atomic E-state index is -4.67. The predicted molar refractivity (Wildman–Crippen MR) is 103 cm³/mol. The van der Waals surface area contributed by atoms with E-state index in [4.69, 9.17) is 22.6 Å². The van der Waals surface area contributed by atoms with E-state index in [2.05, 4.69) is 19.1 Å². The molecule has 4 N–H and O–H groups in total. The van der Waals surface area contributed by atoms with Crippen LogP contribution in [-0.4, -0.2) is 39.8 Å². The third-order valence-electron chi connectivity index (χ3n) is 3.73. The van der Waals surface area contributed by atoms with Gasteiger partial charge >= 0.3 is 16.4 Å². The number of allylic oxidation sites excluding steroid dienone is 1. The van der Waals surface area contributed by atoms with E-state index in [9.17, 15) is 9.90 Å². The highest BCUT2D eigenvalue weighted by Crippen LogP contribution is 2.10. The van der Waals surface area contributed by atoms with Crippen LogP contribution in [-0.2, 0) is 15.2 Å². The molecule has 0 saturated carbocycles. The molecule has 0 amide bonds. The van der Waals surface area contributed by atoms with Crippen molar-refractivity contribution in [1.29, 1.82) is 0 Å². The van der Waals surface area contributed by atoms with Crippen molar-refractivity contribution in [2.75, 3.05) is 0 Å². The van der Waals surface area contributed by atoms with Crippen LogP contribution >= 0.6 is 0 Å². The molecular formula is C18H36O7S. The number of aliphatic hydroxyl groups excluding tert-OH is 1. The summed E-state index contributed by atoms with van der Waals surface area (Å²) < 4.78 is 31.6. The molecule has 0 fully saturated rings. The lowest BCUT2D eigenvalue weighted by Crippen LogP contribution is -2.04.